The van der Waals surface area contributed by atoms with Crippen molar-refractivity contribution in [2.75, 3.05) is 0 Å². The molecule has 0 saturated carbocycles. The first-order chi connectivity index (χ1) is 8.19. The smallest absolute Gasteiger partial charge is 0.131 e. The summed E-state index contributed by atoms with van der Waals surface area (Å²) < 4.78 is 6.85. The summed E-state index contributed by atoms with van der Waals surface area (Å²) in [5, 5.41) is 0. The van der Waals surface area contributed by atoms with Gasteiger partial charge in [0.1, 0.15) is 11.5 Å². The minimum absolute atomic E-state index is 0.495. The summed E-state index contributed by atoms with van der Waals surface area (Å²) in [6, 6.07) is 13.8. The van der Waals surface area contributed by atoms with E-state index in [4.69, 9.17) is 16.3 Å². The minimum Gasteiger partial charge on any atom is -0.457 e. The van der Waals surface area contributed by atoms with E-state index in [1.165, 1.54) is 0 Å². The summed E-state index contributed by atoms with van der Waals surface area (Å²) in [5.41, 5.74) is 2.15. The molecule has 2 aromatic rings. The average Bonchev–Trinajstić information content (AvgIpc) is 2.34. The molecular weight excluding hydrogens is 300 g/mol. The number of alkyl halides is 1. The molecule has 2 aromatic carbocycles. The molecule has 17 heavy (non-hydrogen) atoms. The summed E-state index contributed by atoms with van der Waals surface area (Å²) in [6.07, 6.45) is 0. The molecule has 2 rings (SSSR count). The molecule has 3 heteroatoms. The van der Waals surface area contributed by atoms with E-state index in [2.05, 4.69) is 15.9 Å². The third-order valence-corrected chi connectivity index (χ3v) is 3.23. The zero-order valence-electron chi connectivity index (χ0n) is 9.41. The Morgan fingerprint density at radius 1 is 1.18 bits per heavy atom. The van der Waals surface area contributed by atoms with Gasteiger partial charge in [-0.05, 0) is 42.3 Å². The topological polar surface area (TPSA) is 9.23 Å². The van der Waals surface area contributed by atoms with Crippen molar-refractivity contribution in [3.05, 3.63) is 58.1 Å². The van der Waals surface area contributed by atoms with Gasteiger partial charge < -0.3 is 4.74 Å². The third kappa shape index (κ3) is 3.24. The van der Waals surface area contributed by atoms with Gasteiger partial charge in [0, 0.05) is 10.4 Å². The molecule has 0 aromatic heterocycles. The minimum atomic E-state index is 0.495. The number of halogens is 2. The molecule has 0 atom stereocenters. The van der Waals surface area contributed by atoms with Crippen LogP contribution in [0.25, 0.3) is 0 Å². The molecule has 0 fully saturated rings. The third-order valence-electron chi connectivity index (χ3n) is 2.43. The molecule has 1 nitrogen and oxygen atoms in total. The van der Waals surface area contributed by atoms with E-state index in [9.17, 15) is 0 Å². The number of hydrogen-bond acceptors (Lipinski definition) is 1. The lowest BCUT2D eigenvalue weighted by atomic mass is 10.2. The van der Waals surface area contributed by atoms with Crippen molar-refractivity contribution >= 4 is 27.5 Å². The fourth-order valence-corrected chi connectivity index (χ4v) is 2.01. The number of aryl methyl sites for hydroxylation is 1. The van der Waals surface area contributed by atoms with E-state index in [0.29, 0.717) is 5.88 Å². The largest absolute Gasteiger partial charge is 0.457 e. The highest BCUT2D eigenvalue weighted by molar-refractivity contribution is 9.10. The fourth-order valence-electron chi connectivity index (χ4n) is 1.50. The van der Waals surface area contributed by atoms with Crippen molar-refractivity contribution in [1.82, 2.24) is 0 Å². The van der Waals surface area contributed by atoms with E-state index >= 15 is 0 Å². The molecule has 0 heterocycles. The number of benzene rings is 2. The Kier molecular flexibility index (Phi) is 4.08. The van der Waals surface area contributed by atoms with E-state index in [0.717, 1.165) is 27.1 Å². The Bertz CT molecular complexity index is 525. The molecule has 0 N–H and O–H groups in total. The number of ether oxygens (including phenoxy) is 1. The van der Waals surface area contributed by atoms with Gasteiger partial charge in [-0.15, -0.1) is 11.6 Å². The maximum Gasteiger partial charge on any atom is 0.131 e. The van der Waals surface area contributed by atoms with Crippen LogP contribution in [0.1, 0.15) is 11.1 Å². The molecular formula is C14H12BrClO. The van der Waals surface area contributed by atoms with Crippen LogP contribution in [0, 0.1) is 6.92 Å². The second kappa shape index (κ2) is 5.56. The Balaban J connectivity index is 2.27. The lowest BCUT2D eigenvalue weighted by molar-refractivity contribution is 0.478. The predicted octanol–water partition coefficient (Wildman–Crippen LogP) is 5.29. The molecule has 0 spiro atoms. The molecule has 88 valence electrons. The van der Waals surface area contributed by atoms with Crippen LogP contribution in [0.3, 0.4) is 0 Å². The van der Waals surface area contributed by atoms with E-state index in [1.807, 2.05) is 49.4 Å². The van der Waals surface area contributed by atoms with Crippen LogP contribution in [0.5, 0.6) is 11.5 Å². The van der Waals surface area contributed by atoms with E-state index < -0.39 is 0 Å². The van der Waals surface area contributed by atoms with Crippen LogP contribution in [-0.2, 0) is 5.88 Å². The standard InChI is InChI=1S/C14H12BrClO/c1-10-5-6-12(15)8-14(10)17-13-4-2-3-11(7-13)9-16/h2-8H,9H2,1H3. The van der Waals surface area contributed by atoms with Gasteiger partial charge in [-0.3, -0.25) is 0 Å². The van der Waals surface area contributed by atoms with Gasteiger partial charge in [0.15, 0.2) is 0 Å². The van der Waals surface area contributed by atoms with Crippen LogP contribution in [0.15, 0.2) is 46.9 Å². The first kappa shape index (κ1) is 12.5. The highest BCUT2D eigenvalue weighted by atomic mass is 79.9. The Morgan fingerprint density at radius 2 is 2.00 bits per heavy atom. The fraction of sp³-hybridized carbons (Fsp3) is 0.143. The summed E-state index contributed by atoms with van der Waals surface area (Å²) in [7, 11) is 0. The van der Waals surface area contributed by atoms with Gasteiger partial charge in [0.05, 0.1) is 0 Å². The monoisotopic (exact) mass is 310 g/mol. The van der Waals surface area contributed by atoms with Crippen LogP contribution in [0.2, 0.25) is 0 Å². The molecule has 0 aliphatic carbocycles. The van der Waals surface area contributed by atoms with Crippen molar-refractivity contribution in [2.45, 2.75) is 12.8 Å². The number of rotatable bonds is 3. The number of hydrogen-bond donors (Lipinski definition) is 0. The van der Waals surface area contributed by atoms with Crippen molar-refractivity contribution in [1.29, 1.82) is 0 Å². The van der Waals surface area contributed by atoms with Crippen LogP contribution < -0.4 is 4.74 Å². The van der Waals surface area contributed by atoms with Gasteiger partial charge in [-0.1, -0.05) is 34.1 Å². The summed E-state index contributed by atoms with van der Waals surface area (Å²) in [6.45, 7) is 2.02. The Morgan fingerprint density at radius 3 is 2.76 bits per heavy atom. The van der Waals surface area contributed by atoms with Crippen molar-refractivity contribution < 1.29 is 4.74 Å². The van der Waals surface area contributed by atoms with E-state index in [1.54, 1.807) is 0 Å². The first-order valence-corrected chi connectivity index (χ1v) is 6.60. The highest BCUT2D eigenvalue weighted by Gasteiger charge is 2.03. The summed E-state index contributed by atoms with van der Waals surface area (Å²) in [4.78, 5) is 0. The molecule has 0 aliphatic rings. The first-order valence-electron chi connectivity index (χ1n) is 5.28. The van der Waals surface area contributed by atoms with Gasteiger partial charge in [-0.2, -0.15) is 0 Å². The maximum atomic E-state index is 5.84. The van der Waals surface area contributed by atoms with Crippen LogP contribution >= 0.6 is 27.5 Å². The van der Waals surface area contributed by atoms with Gasteiger partial charge in [-0.25, -0.2) is 0 Å². The normalized spacial score (nSPS) is 10.3. The van der Waals surface area contributed by atoms with Crippen LogP contribution in [-0.4, -0.2) is 0 Å². The van der Waals surface area contributed by atoms with Crippen molar-refractivity contribution in [2.24, 2.45) is 0 Å². The van der Waals surface area contributed by atoms with Gasteiger partial charge in [0.2, 0.25) is 0 Å². The maximum absolute atomic E-state index is 5.84. The molecule has 0 radical (unpaired) electrons. The highest BCUT2D eigenvalue weighted by Crippen LogP contribution is 2.28. The quantitative estimate of drug-likeness (QED) is 0.700. The molecule has 0 bridgehead atoms. The van der Waals surface area contributed by atoms with Crippen molar-refractivity contribution in [3.8, 4) is 11.5 Å². The molecule has 0 amide bonds. The Labute approximate surface area is 115 Å². The molecule has 0 aliphatic heterocycles. The lowest BCUT2D eigenvalue weighted by Crippen LogP contribution is -1.88. The molecule has 0 unspecified atom stereocenters. The zero-order chi connectivity index (χ0) is 12.3. The summed E-state index contributed by atoms with van der Waals surface area (Å²) >= 11 is 9.23. The lowest BCUT2D eigenvalue weighted by Gasteiger charge is -2.09. The average molecular weight is 312 g/mol. The molecule has 0 saturated heterocycles. The van der Waals surface area contributed by atoms with Crippen molar-refractivity contribution in [3.63, 3.8) is 0 Å². The second-order valence-electron chi connectivity index (χ2n) is 3.79. The van der Waals surface area contributed by atoms with Crippen LogP contribution in [0.4, 0.5) is 0 Å². The van der Waals surface area contributed by atoms with E-state index in [-0.39, 0.29) is 0 Å². The van der Waals surface area contributed by atoms with Gasteiger partial charge in [0.25, 0.3) is 0 Å². The summed E-state index contributed by atoms with van der Waals surface area (Å²) in [5.74, 6) is 2.16. The van der Waals surface area contributed by atoms with Gasteiger partial charge >= 0.3 is 0 Å². The predicted molar refractivity (Wildman–Crippen MR) is 75.0 cm³/mol. The SMILES string of the molecule is Cc1ccc(Br)cc1Oc1cccc(CCl)c1. The Hall–Kier alpha value is -0.990. The second-order valence-corrected chi connectivity index (χ2v) is 4.98. The zero-order valence-corrected chi connectivity index (χ0v) is 11.8.